The van der Waals surface area contributed by atoms with Crippen molar-refractivity contribution in [1.29, 1.82) is 0 Å². The van der Waals surface area contributed by atoms with Crippen molar-refractivity contribution >= 4 is 21.6 Å². The van der Waals surface area contributed by atoms with Gasteiger partial charge in [0.15, 0.2) is 11.5 Å². The zero-order chi connectivity index (χ0) is 21.8. The summed E-state index contributed by atoms with van der Waals surface area (Å²) in [5.41, 5.74) is 2.24. The molecule has 1 heterocycles. The summed E-state index contributed by atoms with van der Waals surface area (Å²) in [7, 11) is -3.92. The van der Waals surface area contributed by atoms with E-state index in [4.69, 9.17) is 9.47 Å². The quantitative estimate of drug-likeness (QED) is 0.612. The number of amides is 1. The second kappa shape index (κ2) is 8.69. The van der Waals surface area contributed by atoms with E-state index in [0.29, 0.717) is 17.2 Å². The molecule has 7 nitrogen and oxygen atoms in total. The van der Waals surface area contributed by atoms with Gasteiger partial charge in [-0.05, 0) is 48.9 Å². The zero-order valence-corrected chi connectivity index (χ0v) is 17.8. The maximum atomic E-state index is 13.3. The molecule has 3 aromatic rings. The molecule has 8 heteroatoms. The first-order valence-corrected chi connectivity index (χ1v) is 11.2. The highest BCUT2D eigenvalue weighted by atomic mass is 32.2. The zero-order valence-electron chi connectivity index (χ0n) is 16.9. The third-order valence-electron chi connectivity index (χ3n) is 4.87. The Bertz CT molecular complexity index is 1180. The highest BCUT2D eigenvalue weighted by Gasteiger charge is 2.27. The van der Waals surface area contributed by atoms with Crippen molar-refractivity contribution in [2.75, 3.05) is 17.6 Å². The van der Waals surface area contributed by atoms with Gasteiger partial charge in [-0.15, -0.1) is 0 Å². The number of hydrogen-bond acceptors (Lipinski definition) is 5. The van der Waals surface area contributed by atoms with E-state index in [2.05, 4.69) is 5.32 Å². The molecule has 0 aliphatic carbocycles. The third-order valence-corrected chi connectivity index (χ3v) is 6.66. The molecule has 0 spiro atoms. The van der Waals surface area contributed by atoms with Crippen LogP contribution in [0.25, 0.3) is 0 Å². The van der Waals surface area contributed by atoms with Crippen LogP contribution < -0.4 is 19.1 Å². The highest BCUT2D eigenvalue weighted by molar-refractivity contribution is 7.92. The van der Waals surface area contributed by atoms with Gasteiger partial charge >= 0.3 is 0 Å². The minimum atomic E-state index is -3.92. The first-order chi connectivity index (χ1) is 14.9. The molecular formula is C23H22N2O5S. The number of aryl methyl sites for hydroxylation is 1. The molecule has 0 saturated heterocycles. The molecule has 4 rings (SSSR count). The van der Waals surface area contributed by atoms with Crippen molar-refractivity contribution in [2.24, 2.45) is 0 Å². The third kappa shape index (κ3) is 4.64. The first-order valence-electron chi connectivity index (χ1n) is 9.73. The van der Waals surface area contributed by atoms with E-state index in [1.54, 1.807) is 42.5 Å². The number of anilines is 1. The van der Waals surface area contributed by atoms with Gasteiger partial charge in [0.25, 0.3) is 10.0 Å². The van der Waals surface area contributed by atoms with Gasteiger partial charge in [-0.25, -0.2) is 8.42 Å². The molecule has 0 unspecified atom stereocenters. The average Bonchev–Trinajstić information content (AvgIpc) is 3.25. The maximum absolute atomic E-state index is 13.3. The molecule has 0 aromatic heterocycles. The van der Waals surface area contributed by atoms with E-state index >= 15 is 0 Å². The summed E-state index contributed by atoms with van der Waals surface area (Å²) < 4.78 is 38.3. The lowest BCUT2D eigenvalue weighted by Crippen LogP contribution is -2.40. The molecule has 1 N–H and O–H groups in total. The Morgan fingerprint density at radius 1 is 0.968 bits per heavy atom. The van der Waals surface area contributed by atoms with Crippen molar-refractivity contribution in [2.45, 2.75) is 18.4 Å². The summed E-state index contributed by atoms with van der Waals surface area (Å²) in [6.07, 6.45) is 0. The normalized spacial score (nSPS) is 12.4. The predicted molar refractivity (Wildman–Crippen MR) is 117 cm³/mol. The van der Waals surface area contributed by atoms with E-state index in [0.717, 1.165) is 15.4 Å². The molecule has 1 amide bonds. The minimum absolute atomic E-state index is 0.124. The van der Waals surface area contributed by atoms with Crippen molar-refractivity contribution in [3.63, 3.8) is 0 Å². The Morgan fingerprint density at radius 3 is 2.42 bits per heavy atom. The molecule has 1 aliphatic heterocycles. The van der Waals surface area contributed by atoms with Gasteiger partial charge in [0.2, 0.25) is 12.7 Å². The average molecular weight is 439 g/mol. The molecule has 1 aliphatic rings. The largest absolute Gasteiger partial charge is 0.454 e. The smallest absolute Gasteiger partial charge is 0.264 e. The predicted octanol–water partition coefficient (Wildman–Crippen LogP) is 3.24. The van der Waals surface area contributed by atoms with Crippen LogP contribution in [0.4, 0.5) is 5.69 Å². The second-order valence-electron chi connectivity index (χ2n) is 7.12. The van der Waals surface area contributed by atoms with Crippen LogP contribution >= 0.6 is 0 Å². The fourth-order valence-electron chi connectivity index (χ4n) is 3.18. The summed E-state index contributed by atoms with van der Waals surface area (Å²) in [5, 5.41) is 2.78. The van der Waals surface area contributed by atoms with Gasteiger partial charge in [0.05, 0.1) is 10.6 Å². The summed E-state index contributed by atoms with van der Waals surface area (Å²) in [6.45, 7) is 1.99. The number of benzene rings is 3. The summed E-state index contributed by atoms with van der Waals surface area (Å²) >= 11 is 0. The number of nitrogens with zero attached hydrogens (tertiary/aromatic N) is 1. The lowest BCUT2D eigenvalue weighted by Gasteiger charge is -2.24. The Balaban J connectivity index is 1.53. The van der Waals surface area contributed by atoms with Crippen LogP contribution in [0, 0.1) is 6.92 Å². The molecule has 31 heavy (non-hydrogen) atoms. The Morgan fingerprint density at radius 2 is 1.68 bits per heavy atom. The summed E-state index contributed by atoms with van der Waals surface area (Å²) in [6, 6.07) is 20.5. The van der Waals surface area contributed by atoms with Crippen LogP contribution in [-0.2, 0) is 21.4 Å². The number of rotatable bonds is 7. The topological polar surface area (TPSA) is 84.9 Å². The van der Waals surface area contributed by atoms with E-state index in [9.17, 15) is 13.2 Å². The number of hydrogen-bond donors (Lipinski definition) is 1. The van der Waals surface area contributed by atoms with Gasteiger partial charge in [0, 0.05) is 6.54 Å². The van der Waals surface area contributed by atoms with E-state index in [1.165, 1.54) is 12.1 Å². The molecule has 0 fully saturated rings. The van der Waals surface area contributed by atoms with E-state index in [-0.39, 0.29) is 24.8 Å². The highest BCUT2D eigenvalue weighted by Crippen LogP contribution is 2.32. The van der Waals surface area contributed by atoms with Gasteiger partial charge < -0.3 is 14.8 Å². The van der Waals surface area contributed by atoms with Gasteiger partial charge in [-0.3, -0.25) is 9.10 Å². The molecule has 0 bridgehead atoms. The number of fused-ring (bicyclic) bond motifs is 1. The lowest BCUT2D eigenvalue weighted by atomic mass is 10.2. The number of sulfonamides is 1. The molecule has 0 radical (unpaired) electrons. The molecular weight excluding hydrogens is 416 g/mol. The lowest BCUT2D eigenvalue weighted by molar-refractivity contribution is -0.119. The molecule has 0 atom stereocenters. The number of carbonyl (C=O) groups is 1. The van der Waals surface area contributed by atoms with Gasteiger partial charge in [0.1, 0.15) is 6.54 Å². The van der Waals surface area contributed by atoms with Crippen LogP contribution in [-0.4, -0.2) is 27.7 Å². The Hall–Kier alpha value is -3.52. The first kappa shape index (κ1) is 20.7. The summed E-state index contributed by atoms with van der Waals surface area (Å²) in [5.74, 6) is 0.868. The molecule has 160 valence electrons. The standard InChI is InChI=1S/C23H22N2O5S/c1-17-7-10-19(11-8-17)25(31(27,28)20-5-3-2-4-6-20)15-23(26)24-14-18-9-12-21-22(13-18)30-16-29-21/h2-13H,14-16H2,1H3,(H,24,26). The van der Waals surface area contributed by atoms with Crippen LogP contribution in [0.5, 0.6) is 11.5 Å². The maximum Gasteiger partial charge on any atom is 0.264 e. The molecule has 3 aromatic carbocycles. The van der Waals surface area contributed by atoms with Crippen molar-refractivity contribution in [3.8, 4) is 11.5 Å². The summed E-state index contributed by atoms with van der Waals surface area (Å²) in [4.78, 5) is 12.8. The van der Waals surface area contributed by atoms with Crippen molar-refractivity contribution in [3.05, 3.63) is 83.9 Å². The number of nitrogens with one attached hydrogen (secondary N) is 1. The number of carbonyl (C=O) groups excluding carboxylic acids is 1. The fraction of sp³-hybridized carbons (Fsp3) is 0.174. The van der Waals surface area contributed by atoms with Gasteiger partial charge in [-0.1, -0.05) is 42.0 Å². The van der Waals surface area contributed by atoms with Crippen LogP contribution in [0.1, 0.15) is 11.1 Å². The Labute approximate surface area is 181 Å². The van der Waals surface area contributed by atoms with E-state index < -0.39 is 15.9 Å². The van der Waals surface area contributed by atoms with E-state index in [1.807, 2.05) is 25.1 Å². The number of ether oxygens (including phenoxy) is 2. The van der Waals surface area contributed by atoms with Crippen LogP contribution in [0.15, 0.2) is 77.7 Å². The Kier molecular flexibility index (Phi) is 5.81. The second-order valence-corrected chi connectivity index (χ2v) is 8.99. The monoisotopic (exact) mass is 438 g/mol. The minimum Gasteiger partial charge on any atom is -0.454 e. The van der Waals surface area contributed by atoms with Crippen LogP contribution in [0.3, 0.4) is 0 Å². The molecule has 0 saturated carbocycles. The van der Waals surface area contributed by atoms with Crippen LogP contribution in [0.2, 0.25) is 0 Å². The van der Waals surface area contributed by atoms with Crippen molar-refractivity contribution < 1.29 is 22.7 Å². The van der Waals surface area contributed by atoms with Crippen molar-refractivity contribution in [1.82, 2.24) is 5.32 Å². The fourth-order valence-corrected chi connectivity index (χ4v) is 4.63. The SMILES string of the molecule is Cc1ccc(N(CC(=O)NCc2ccc3c(c2)OCO3)S(=O)(=O)c2ccccc2)cc1. The van der Waals surface area contributed by atoms with Gasteiger partial charge in [-0.2, -0.15) is 0 Å².